The van der Waals surface area contributed by atoms with Crippen molar-refractivity contribution in [3.8, 4) is 11.5 Å². The van der Waals surface area contributed by atoms with Crippen molar-refractivity contribution < 1.29 is 14.3 Å². The Morgan fingerprint density at radius 2 is 1.60 bits per heavy atom. The fourth-order valence-corrected chi connectivity index (χ4v) is 2.79. The Morgan fingerprint density at radius 3 is 2.00 bits per heavy atom. The van der Waals surface area contributed by atoms with E-state index in [-0.39, 0.29) is 5.78 Å². The highest BCUT2D eigenvalue weighted by atomic mass is 16.5. The fourth-order valence-electron chi connectivity index (χ4n) is 2.79. The maximum atomic E-state index is 12.0. The smallest absolute Gasteiger partial charge is 0.167 e. The quantitative estimate of drug-likeness (QED) is 0.394. The molecule has 0 bridgehead atoms. The maximum Gasteiger partial charge on any atom is 0.167 e. The number of ether oxygens (including phenoxy) is 2. The second kappa shape index (κ2) is 10.1. The molecular weight excluding hydrogens is 312 g/mol. The molecule has 0 aliphatic carbocycles. The Morgan fingerprint density at radius 1 is 1.04 bits per heavy atom. The molecule has 0 radical (unpaired) electrons. The highest BCUT2D eigenvalue weighted by Gasteiger charge is 2.18. The first-order valence-electron chi connectivity index (χ1n) is 9.03. The molecule has 0 aliphatic rings. The van der Waals surface area contributed by atoms with Gasteiger partial charge in [0, 0.05) is 0 Å². The van der Waals surface area contributed by atoms with Crippen molar-refractivity contribution in [1.29, 1.82) is 0 Å². The zero-order valence-electron chi connectivity index (χ0n) is 16.8. The Hall–Kier alpha value is -2.03. The van der Waals surface area contributed by atoms with Crippen LogP contribution in [0.1, 0.15) is 76.2 Å². The van der Waals surface area contributed by atoms with Crippen molar-refractivity contribution in [2.45, 2.75) is 60.3 Å². The minimum Gasteiger partial charge on any atom is -0.496 e. The molecule has 0 heterocycles. The van der Waals surface area contributed by atoms with Gasteiger partial charge in [-0.25, -0.2) is 0 Å². The van der Waals surface area contributed by atoms with Gasteiger partial charge in [0.05, 0.1) is 14.2 Å². The largest absolute Gasteiger partial charge is 0.496 e. The van der Waals surface area contributed by atoms with Crippen molar-refractivity contribution in [3.05, 3.63) is 40.5 Å². The summed E-state index contributed by atoms with van der Waals surface area (Å²) in [7, 11) is 3.18. The molecule has 0 spiro atoms. The molecule has 0 fully saturated rings. The number of carbonyl (C=O) groups excluding carboxylic acids is 1. The lowest BCUT2D eigenvalue weighted by atomic mass is 9.93. The number of ketones is 1. The number of hydrogen-bond acceptors (Lipinski definition) is 3. The maximum absolute atomic E-state index is 12.0. The van der Waals surface area contributed by atoms with Crippen LogP contribution in [0.5, 0.6) is 11.5 Å². The van der Waals surface area contributed by atoms with Gasteiger partial charge < -0.3 is 9.47 Å². The highest BCUT2D eigenvalue weighted by Crippen LogP contribution is 2.36. The number of hydrogen-bond donors (Lipinski definition) is 0. The Labute approximate surface area is 152 Å². The van der Waals surface area contributed by atoms with Crippen LogP contribution in [-0.4, -0.2) is 20.0 Å². The van der Waals surface area contributed by atoms with Crippen molar-refractivity contribution in [2.24, 2.45) is 0 Å². The molecule has 0 aromatic heterocycles. The zero-order valence-corrected chi connectivity index (χ0v) is 16.8. The second-order valence-electron chi connectivity index (χ2n) is 6.45. The molecule has 25 heavy (non-hydrogen) atoms. The van der Waals surface area contributed by atoms with Gasteiger partial charge >= 0.3 is 0 Å². The normalized spacial score (nSPS) is 12.7. The third-order valence-electron chi connectivity index (χ3n) is 4.48. The molecule has 138 valence electrons. The predicted octanol–water partition coefficient (Wildman–Crippen LogP) is 6.23. The van der Waals surface area contributed by atoms with Gasteiger partial charge in [0.1, 0.15) is 17.1 Å². The summed E-state index contributed by atoms with van der Waals surface area (Å²) < 4.78 is 11.0. The van der Waals surface area contributed by atoms with Gasteiger partial charge in [0.15, 0.2) is 5.78 Å². The fraction of sp³-hybridized carbons (Fsp3) is 0.500. The average molecular weight is 344 g/mol. The van der Waals surface area contributed by atoms with Crippen molar-refractivity contribution >= 4 is 11.4 Å². The molecule has 1 aromatic rings. The molecule has 0 N–H and O–H groups in total. The predicted molar refractivity (Wildman–Crippen MR) is 106 cm³/mol. The van der Waals surface area contributed by atoms with Gasteiger partial charge in [-0.2, -0.15) is 0 Å². The number of allylic oxidation sites excluding steroid dienone is 4. The molecule has 0 unspecified atom stereocenters. The highest BCUT2D eigenvalue weighted by molar-refractivity contribution is 6.00. The van der Waals surface area contributed by atoms with Crippen molar-refractivity contribution in [2.75, 3.05) is 14.2 Å². The summed E-state index contributed by atoms with van der Waals surface area (Å²) in [6.45, 7) is 10.2. The van der Waals surface area contributed by atoms with Crippen LogP contribution in [0.15, 0.2) is 29.4 Å². The number of rotatable bonds is 9. The first-order valence-corrected chi connectivity index (χ1v) is 9.03. The van der Waals surface area contributed by atoms with Gasteiger partial charge in [-0.1, -0.05) is 37.5 Å². The third-order valence-corrected chi connectivity index (χ3v) is 4.48. The van der Waals surface area contributed by atoms with Crippen LogP contribution < -0.4 is 9.47 Å². The van der Waals surface area contributed by atoms with E-state index >= 15 is 0 Å². The number of Topliss-reactive ketones (excluding diaryl/α,β-unsaturated/α-hetero) is 1. The van der Waals surface area contributed by atoms with Crippen LogP contribution in [-0.2, 0) is 0 Å². The van der Waals surface area contributed by atoms with E-state index in [1.165, 1.54) is 23.6 Å². The van der Waals surface area contributed by atoms with Crippen LogP contribution >= 0.6 is 0 Å². The molecular formula is C22H32O3. The molecule has 0 aliphatic heterocycles. The second-order valence-corrected chi connectivity index (χ2v) is 6.45. The van der Waals surface area contributed by atoms with Crippen molar-refractivity contribution in [3.63, 3.8) is 0 Å². The molecule has 0 saturated carbocycles. The van der Waals surface area contributed by atoms with E-state index in [0.717, 1.165) is 31.2 Å². The van der Waals surface area contributed by atoms with E-state index in [1.54, 1.807) is 14.2 Å². The lowest BCUT2D eigenvalue weighted by molar-refractivity contribution is 0.101. The number of carbonyl (C=O) groups is 1. The van der Waals surface area contributed by atoms with Gasteiger partial charge in [-0.3, -0.25) is 4.79 Å². The molecule has 0 saturated heterocycles. The summed E-state index contributed by atoms with van der Waals surface area (Å²) in [5.41, 5.74) is 5.38. The van der Waals surface area contributed by atoms with Gasteiger partial charge in [0.25, 0.3) is 0 Å². The van der Waals surface area contributed by atoms with Crippen molar-refractivity contribution in [1.82, 2.24) is 0 Å². The van der Waals surface area contributed by atoms with Crippen LogP contribution in [0.4, 0.5) is 0 Å². The topological polar surface area (TPSA) is 35.5 Å². The van der Waals surface area contributed by atoms with Gasteiger partial charge in [0.2, 0.25) is 0 Å². The zero-order chi connectivity index (χ0) is 19.0. The summed E-state index contributed by atoms with van der Waals surface area (Å²) in [5, 5.41) is 0. The molecule has 1 rings (SSSR count). The Bertz CT molecular complexity index is 641. The molecule has 3 nitrogen and oxygen atoms in total. The van der Waals surface area contributed by atoms with E-state index in [9.17, 15) is 4.79 Å². The monoisotopic (exact) mass is 344 g/mol. The summed E-state index contributed by atoms with van der Waals surface area (Å²) in [4.78, 5) is 12.0. The Balaban J connectivity index is 3.62. The average Bonchev–Trinajstić information content (AvgIpc) is 2.62. The number of unbranched alkanes of at least 4 members (excludes halogenated alkanes) is 1. The molecule has 3 heteroatoms. The third kappa shape index (κ3) is 5.48. The minimum atomic E-state index is -0.0613. The number of benzene rings is 1. The minimum absolute atomic E-state index is 0.0613. The Kier molecular flexibility index (Phi) is 8.47. The first kappa shape index (κ1) is 21.0. The SMILES string of the molecule is CCCC/C(C)=C(/C=C(/C)CC)c1cc(OC)c(C(C)=O)c(OC)c1. The van der Waals surface area contributed by atoms with Crippen LogP contribution in [0.2, 0.25) is 0 Å². The molecule has 0 atom stereocenters. The summed E-state index contributed by atoms with van der Waals surface area (Å²) in [6.07, 6.45) is 6.63. The summed E-state index contributed by atoms with van der Waals surface area (Å²) in [6, 6.07) is 3.90. The first-order chi connectivity index (χ1) is 11.9. The lowest BCUT2D eigenvalue weighted by Crippen LogP contribution is -2.03. The van der Waals surface area contributed by atoms with E-state index in [4.69, 9.17) is 9.47 Å². The van der Waals surface area contributed by atoms with Crippen LogP contribution in [0, 0.1) is 0 Å². The van der Waals surface area contributed by atoms with E-state index in [0.29, 0.717) is 17.1 Å². The van der Waals surface area contributed by atoms with Crippen LogP contribution in [0.25, 0.3) is 5.57 Å². The molecule has 0 amide bonds. The lowest BCUT2D eigenvalue weighted by Gasteiger charge is -2.16. The standard InChI is InChI=1S/C22H32O3/c1-8-10-11-16(4)19(12-15(3)9-2)18-13-20(24-6)22(17(5)23)21(14-18)25-7/h12-14H,8-11H2,1-7H3/b15-12-,19-16-. The van der Waals surface area contributed by atoms with E-state index in [1.807, 2.05) is 12.1 Å². The van der Waals surface area contributed by atoms with E-state index in [2.05, 4.69) is 33.8 Å². The summed E-state index contributed by atoms with van der Waals surface area (Å²) in [5.74, 6) is 1.06. The van der Waals surface area contributed by atoms with Crippen LogP contribution in [0.3, 0.4) is 0 Å². The van der Waals surface area contributed by atoms with E-state index < -0.39 is 0 Å². The molecule has 1 aromatic carbocycles. The van der Waals surface area contributed by atoms with Gasteiger partial charge in [-0.15, -0.1) is 0 Å². The summed E-state index contributed by atoms with van der Waals surface area (Å²) >= 11 is 0. The van der Waals surface area contributed by atoms with Gasteiger partial charge in [-0.05, 0) is 63.3 Å². The number of methoxy groups -OCH3 is 2.